The van der Waals surface area contributed by atoms with Gasteiger partial charge in [-0.15, -0.1) is 0 Å². The molecule has 2 aromatic heterocycles. The molecule has 2 heterocycles. The largest absolute Gasteiger partial charge is 0.441 e. The molecule has 0 bridgehead atoms. The summed E-state index contributed by atoms with van der Waals surface area (Å²) in [7, 11) is 0. The van der Waals surface area contributed by atoms with E-state index in [0.717, 1.165) is 37.7 Å². The summed E-state index contributed by atoms with van der Waals surface area (Å²) in [4.78, 5) is 25.6. The van der Waals surface area contributed by atoms with Crippen molar-refractivity contribution in [2.75, 3.05) is 24.0 Å². The number of nitrogens with zero attached hydrogens (tertiary/aromatic N) is 3. The van der Waals surface area contributed by atoms with Gasteiger partial charge in [0, 0.05) is 23.8 Å². The molecule has 1 saturated carbocycles. The van der Waals surface area contributed by atoms with Gasteiger partial charge in [0.25, 0.3) is 0 Å². The second-order valence-corrected chi connectivity index (χ2v) is 7.85. The van der Waals surface area contributed by atoms with Crippen LogP contribution in [0.15, 0.2) is 28.8 Å². The Kier molecular flexibility index (Phi) is 6.39. The summed E-state index contributed by atoms with van der Waals surface area (Å²) in [6.45, 7) is -0.0237. The Hall–Kier alpha value is -3.10. The zero-order valence-electron chi connectivity index (χ0n) is 17.3. The van der Waals surface area contributed by atoms with Crippen molar-refractivity contribution in [3.63, 3.8) is 0 Å². The highest BCUT2D eigenvalue weighted by atomic mass is 19.1. The van der Waals surface area contributed by atoms with Crippen LogP contribution in [0.2, 0.25) is 0 Å². The van der Waals surface area contributed by atoms with Crippen LogP contribution in [0.5, 0.6) is 0 Å². The molecule has 7 nitrogen and oxygen atoms in total. The minimum atomic E-state index is -1.03. The van der Waals surface area contributed by atoms with E-state index in [0.29, 0.717) is 22.6 Å². The number of carbonyl (C=O) groups excluding carboxylic acids is 1. The average molecular weight is 429 g/mol. The van der Waals surface area contributed by atoms with E-state index in [1.165, 1.54) is 0 Å². The van der Waals surface area contributed by atoms with Crippen LogP contribution in [0.3, 0.4) is 0 Å². The first-order chi connectivity index (χ1) is 15.1. The van der Waals surface area contributed by atoms with Gasteiger partial charge in [-0.2, -0.15) is 4.98 Å². The lowest BCUT2D eigenvalue weighted by atomic mass is 9.89. The lowest BCUT2D eigenvalue weighted by Gasteiger charge is -2.21. The van der Waals surface area contributed by atoms with Gasteiger partial charge in [0.1, 0.15) is 19.2 Å². The predicted octanol–water partition coefficient (Wildman–Crippen LogP) is 4.83. The Balaban J connectivity index is 1.70. The second-order valence-electron chi connectivity index (χ2n) is 7.85. The normalized spacial score (nSPS) is 14.8. The van der Waals surface area contributed by atoms with Crippen LogP contribution in [-0.2, 0) is 4.79 Å². The molecule has 1 fully saturated rings. The van der Waals surface area contributed by atoms with E-state index in [4.69, 9.17) is 4.42 Å². The van der Waals surface area contributed by atoms with Crippen molar-refractivity contribution in [2.24, 2.45) is 5.92 Å². The molecule has 0 radical (unpaired) electrons. The third-order valence-electron chi connectivity index (χ3n) is 5.53. The quantitative estimate of drug-likeness (QED) is 0.559. The number of carbonyl (C=O) groups is 1. The molecule has 31 heavy (non-hydrogen) atoms. The number of nitrogens with one attached hydrogen (secondary N) is 2. The van der Waals surface area contributed by atoms with E-state index in [1.807, 2.05) is 0 Å². The first-order valence-corrected chi connectivity index (χ1v) is 10.5. The van der Waals surface area contributed by atoms with Gasteiger partial charge >= 0.3 is 0 Å². The van der Waals surface area contributed by atoms with E-state index in [2.05, 4.69) is 25.6 Å². The number of hydrogen-bond acceptors (Lipinski definition) is 6. The number of anilines is 2. The summed E-state index contributed by atoms with van der Waals surface area (Å²) in [6.07, 6.45) is 6.49. The van der Waals surface area contributed by atoms with E-state index >= 15 is 0 Å². The van der Waals surface area contributed by atoms with Gasteiger partial charge in [0.2, 0.25) is 11.9 Å². The molecule has 0 spiro atoms. The maximum absolute atomic E-state index is 13.1. The number of oxazole rings is 1. The number of halogens is 2. The predicted molar refractivity (Wildman–Crippen MR) is 114 cm³/mol. The monoisotopic (exact) mass is 429 g/mol. The fraction of sp³-hybridized carbons (Fsp3) is 0.455. The van der Waals surface area contributed by atoms with Crippen LogP contribution in [-0.4, -0.2) is 40.3 Å². The summed E-state index contributed by atoms with van der Waals surface area (Å²) < 4.78 is 31.9. The van der Waals surface area contributed by atoms with E-state index in [9.17, 15) is 13.6 Å². The van der Waals surface area contributed by atoms with Crippen molar-refractivity contribution in [3.8, 4) is 11.3 Å². The van der Waals surface area contributed by atoms with Crippen molar-refractivity contribution < 1.29 is 18.0 Å². The zero-order chi connectivity index (χ0) is 21.8. The Morgan fingerprint density at radius 3 is 2.65 bits per heavy atom. The third-order valence-corrected chi connectivity index (χ3v) is 5.53. The van der Waals surface area contributed by atoms with Crippen molar-refractivity contribution in [1.29, 1.82) is 0 Å². The van der Waals surface area contributed by atoms with Gasteiger partial charge in [0.05, 0.1) is 17.8 Å². The zero-order valence-corrected chi connectivity index (χ0v) is 17.3. The number of amides is 1. The molecule has 2 N–H and O–H groups in total. The van der Waals surface area contributed by atoms with Gasteiger partial charge < -0.3 is 9.73 Å². The topological polar surface area (TPSA) is 92.9 Å². The number of hydrogen-bond donors (Lipinski definition) is 2. The number of fused-ring (bicyclic) bond motifs is 1. The highest BCUT2D eigenvalue weighted by Crippen LogP contribution is 2.30. The van der Waals surface area contributed by atoms with Crippen LogP contribution >= 0.6 is 0 Å². The first-order valence-electron chi connectivity index (χ1n) is 10.5. The molecule has 4 rings (SSSR count). The molecule has 1 aromatic carbocycles. The number of rotatable bonds is 7. The minimum absolute atomic E-state index is 0.0719. The maximum Gasteiger partial charge on any atom is 0.231 e. The van der Waals surface area contributed by atoms with Crippen molar-refractivity contribution in [2.45, 2.75) is 45.1 Å². The molecular weight excluding hydrogens is 404 g/mol. The first kappa shape index (κ1) is 21.1. The van der Waals surface area contributed by atoms with Gasteiger partial charge in [-0.3, -0.25) is 10.1 Å². The highest BCUT2D eigenvalue weighted by molar-refractivity contribution is 5.96. The maximum atomic E-state index is 13.1. The number of aromatic nitrogens is 3. The minimum Gasteiger partial charge on any atom is -0.441 e. The lowest BCUT2D eigenvalue weighted by molar-refractivity contribution is -0.120. The molecule has 1 aliphatic rings. The number of aryl methyl sites for hydroxylation is 1. The van der Waals surface area contributed by atoms with E-state index < -0.39 is 19.4 Å². The standard InChI is InChI=1S/C22H25F2N5O2/c1-13-25-12-19(31-13)15-7-8-17-18(9-15)27-22(28-20(17)26-16(10-23)11-24)29-21(30)14-5-3-2-4-6-14/h7-9,12,14,16H,2-6,10-11H2,1H3,(H2,26,27,28,29,30). The number of benzene rings is 1. The number of alkyl halides is 2. The van der Waals surface area contributed by atoms with E-state index in [-0.39, 0.29) is 23.6 Å². The van der Waals surface area contributed by atoms with Crippen LogP contribution in [0.25, 0.3) is 22.2 Å². The second kappa shape index (κ2) is 9.36. The van der Waals surface area contributed by atoms with Crippen LogP contribution < -0.4 is 10.6 Å². The Labute approximate surface area is 178 Å². The molecule has 9 heteroatoms. The summed E-state index contributed by atoms with van der Waals surface area (Å²) in [6, 6.07) is 4.30. The van der Waals surface area contributed by atoms with E-state index in [1.54, 1.807) is 31.3 Å². The molecule has 1 aliphatic carbocycles. The molecule has 3 aromatic rings. The van der Waals surface area contributed by atoms with Crippen LogP contribution in [0.4, 0.5) is 20.5 Å². The van der Waals surface area contributed by atoms with Gasteiger partial charge in [-0.25, -0.2) is 18.7 Å². The highest BCUT2D eigenvalue weighted by Gasteiger charge is 2.23. The molecule has 0 atom stereocenters. The van der Waals surface area contributed by atoms with Crippen LogP contribution in [0.1, 0.15) is 38.0 Å². The summed E-state index contributed by atoms with van der Waals surface area (Å²) in [5.74, 6) is 1.29. The molecule has 0 aliphatic heterocycles. The molecule has 0 saturated heterocycles. The summed E-state index contributed by atoms with van der Waals surface area (Å²) in [5, 5.41) is 6.17. The van der Waals surface area contributed by atoms with Crippen molar-refractivity contribution in [1.82, 2.24) is 15.0 Å². The SMILES string of the molecule is Cc1ncc(-c2ccc3c(NC(CF)CF)nc(NC(=O)C4CCCCC4)nc3c2)o1. The van der Waals surface area contributed by atoms with Crippen molar-refractivity contribution in [3.05, 3.63) is 30.3 Å². The molecule has 164 valence electrons. The molecular formula is C22H25F2N5O2. The lowest BCUT2D eigenvalue weighted by Crippen LogP contribution is -2.27. The van der Waals surface area contributed by atoms with Crippen LogP contribution in [0, 0.1) is 12.8 Å². The Bertz CT molecular complexity index is 1060. The Morgan fingerprint density at radius 2 is 1.97 bits per heavy atom. The van der Waals surface area contributed by atoms with Gasteiger partial charge in [0.15, 0.2) is 11.7 Å². The molecule has 0 unspecified atom stereocenters. The summed E-state index contributed by atoms with van der Waals surface area (Å²) in [5.41, 5.74) is 1.26. The average Bonchev–Trinajstić information content (AvgIpc) is 3.23. The Morgan fingerprint density at radius 1 is 1.19 bits per heavy atom. The third kappa shape index (κ3) is 4.81. The smallest absolute Gasteiger partial charge is 0.231 e. The van der Waals surface area contributed by atoms with Gasteiger partial charge in [-0.1, -0.05) is 25.3 Å². The molecule has 1 amide bonds. The van der Waals surface area contributed by atoms with Gasteiger partial charge in [-0.05, 0) is 25.0 Å². The fourth-order valence-electron chi connectivity index (χ4n) is 3.83. The fourth-order valence-corrected chi connectivity index (χ4v) is 3.83. The van der Waals surface area contributed by atoms with Crippen molar-refractivity contribution >= 4 is 28.6 Å². The summed E-state index contributed by atoms with van der Waals surface area (Å²) >= 11 is 0.